The van der Waals surface area contributed by atoms with Crippen LogP contribution in [0.3, 0.4) is 0 Å². The monoisotopic (exact) mass is 387 g/mol. The molecule has 0 aliphatic carbocycles. The number of carbonyl (C=O) groups excluding carboxylic acids is 2. The number of hydrogen-bond acceptors (Lipinski definition) is 4. The summed E-state index contributed by atoms with van der Waals surface area (Å²) in [6.45, 7) is 5.15. The van der Waals surface area contributed by atoms with Gasteiger partial charge in [-0.15, -0.1) is 0 Å². The topological polar surface area (TPSA) is 55.8 Å². The van der Waals surface area contributed by atoms with Crippen LogP contribution in [0.2, 0.25) is 5.02 Å². The van der Waals surface area contributed by atoms with Gasteiger partial charge in [0.25, 0.3) is 5.91 Å². The maximum Gasteiger partial charge on any atom is 0.344 e. The number of nitrogens with zero attached hydrogens (tertiary/aromatic N) is 1. The van der Waals surface area contributed by atoms with E-state index in [4.69, 9.17) is 21.1 Å². The molecule has 1 aliphatic rings. The van der Waals surface area contributed by atoms with Crippen LogP contribution in [0.5, 0.6) is 5.75 Å². The molecule has 2 aromatic rings. The van der Waals surface area contributed by atoms with Crippen molar-refractivity contribution in [2.24, 2.45) is 0 Å². The van der Waals surface area contributed by atoms with Gasteiger partial charge < -0.3 is 14.4 Å². The molecule has 0 radical (unpaired) electrons. The molecule has 2 atom stereocenters. The quantitative estimate of drug-likeness (QED) is 0.729. The fourth-order valence-corrected chi connectivity index (χ4v) is 3.35. The van der Waals surface area contributed by atoms with Crippen molar-refractivity contribution in [3.05, 3.63) is 58.6 Å². The van der Waals surface area contributed by atoms with Gasteiger partial charge >= 0.3 is 5.97 Å². The van der Waals surface area contributed by atoms with Gasteiger partial charge in [-0.2, -0.15) is 0 Å². The zero-order valence-electron chi connectivity index (χ0n) is 15.6. The Morgan fingerprint density at radius 1 is 1.26 bits per heavy atom. The van der Waals surface area contributed by atoms with Gasteiger partial charge in [-0.3, -0.25) is 4.79 Å². The molecular formula is C21H22ClNO4. The van der Waals surface area contributed by atoms with Crippen molar-refractivity contribution in [3.8, 4) is 5.75 Å². The zero-order chi connectivity index (χ0) is 19.6. The Morgan fingerprint density at radius 2 is 2.00 bits per heavy atom. The second-order valence-electron chi connectivity index (χ2n) is 6.72. The lowest BCUT2D eigenvalue weighted by Crippen LogP contribution is -2.43. The first-order valence-electron chi connectivity index (χ1n) is 8.86. The number of ether oxygens (including phenoxy) is 2. The van der Waals surface area contributed by atoms with Crippen LogP contribution in [0.1, 0.15) is 25.0 Å². The number of hydrogen-bond donors (Lipinski definition) is 0. The summed E-state index contributed by atoms with van der Waals surface area (Å²) in [5.41, 5.74) is 2.86. The lowest BCUT2D eigenvalue weighted by molar-refractivity contribution is -0.155. The van der Waals surface area contributed by atoms with Gasteiger partial charge in [0.2, 0.25) is 0 Å². The Morgan fingerprint density at radius 3 is 2.74 bits per heavy atom. The average Bonchev–Trinajstić information content (AvgIpc) is 2.97. The molecule has 0 spiro atoms. The molecule has 5 nitrogen and oxygen atoms in total. The summed E-state index contributed by atoms with van der Waals surface area (Å²) < 4.78 is 10.7. The number of aryl methyl sites for hydroxylation is 1. The largest absolute Gasteiger partial charge is 0.482 e. The van der Waals surface area contributed by atoms with E-state index in [2.05, 4.69) is 0 Å². The molecule has 1 amide bonds. The van der Waals surface area contributed by atoms with Gasteiger partial charge in [0, 0.05) is 16.8 Å². The highest BCUT2D eigenvalue weighted by Gasteiger charge is 2.34. The molecule has 0 fully saturated rings. The summed E-state index contributed by atoms with van der Waals surface area (Å²) in [7, 11) is 0. The predicted octanol–water partition coefficient (Wildman–Crippen LogP) is 3.94. The number of rotatable bonds is 5. The van der Waals surface area contributed by atoms with Crippen molar-refractivity contribution < 1.29 is 19.1 Å². The number of halogens is 1. The van der Waals surface area contributed by atoms with Gasteiger partial charge in [0.1, 0.15) is 5.75 Å². The van der Waals surface area contributed by atoms with Crippen molar-refractivity contribution in [2.45, 2.75) is 39.3 Å². The number of benzene rings is 2. The summed E-state index contributed by atoms with van der Waals surface area (Å²) in [6.07, 6.45) is -0.0941. The van der Waals surface area contributed by atoms with Crippen LogP contribution >= 0.6 is 11.6 Å². The maximum absolute atomic E-state index is 12.8. The third-order valence-electron chi connectivity index (χ3n) is 4.59. The van der Waals surface area contributed by atoms with Gasteiger partial charge in [0.05, 0.1) is 0 Å². The summed E-state index contributed by atoms with van der Waals surface area (Å²) in [5, 5.41) is 0.629. The standard InChI is InChI=1S/C21H22ClNO4/c1-13-10-17(8-9-18(13)22)26-12-20(24)27-15(3)21(25)23-14(2)11-16-6-4-5-7-19(16)23/h4-10,14-15H,11-12H2,1-3H3/t14-,15-/m0/s1. The van der Waals surface area contributed by atoms with E-state index >= 15 is 0 Å². The first kappa shape index (κ1) is 19.2. The lowest BCUT2D eigenvalue weighted by atomic mass is 10.1. The fourth-order valence-electron chi connectivity index (χ4n) is 3.23. The summed E-state index contributed by atoms with van der Waals surface area (Å²) in [4.78, 5) is 26.6. The van der Waals surface area contributed by atoms with E-state index in [-0.39, 0.29) is 18.6 Å². The van der Waals surface area contributed by atoms with Crippen molar-refractivity contribution in [1.29, 1.82) is 0 Å². The molecule has 2 aromatic carbocycles. The highest BCUT2D eigenvalue weighted by molar-refractivity contribution is 6.31. The number of fused-ring (bicyclic) bond motifs is 1. The minimum absolute atomic E-state index is 0.0318. The molecule has 1 aliphatic heterocycles. The summed E-state index contributed by atoms with van der Waals surface area (Å²) >= 11 is 5.97. The molecule has 0 aromatic heterocycles. The fraction of sp³-hybridized carbons (Fsp3) is 0.333. The molecule has 0 bridgehead atoms. The van der Waals surface area contributed by atoms with Crippen LogP contribution in [-0.4, -0.2) is 30.6 Å². The minimum Gasteiger partial charge on any atom is -0.482 e. The van der Waals surface area contributed by atoms with E-state index in [1.54, 1.807) is 30.0 Å². The molecule has 27 heavy (non-hydrogen) atoms. The Labute approximate surface area is 163 Å². The van der Waals surface area contributed by atoms with Gasteiger partial charge in [0.15, 0.2) is 12.7 Å². The maximum atomic E-state index is 12.8. The van der Waals surface area contributed by atoms with Gasteiger partial charge in [-0.05, 0) is 62.6 Å². The molecule has 6 heteroatoms. The number of para-hydroxylation sites is 1. The predicted molar refractivity (Wildman–Crippen MR) is 104 cm³/mol. The highest BCUT2D eigenvalue weighted by atomic mass is 35.5. The minimum atomic E-state index is -0.887. The van der Waals surface area contributed by atoms with Crippen LogP contribution in [0, 0.1) is 6.92 Å². The second kappa shape index (κ2) is 8.01. The number of esters is 1. The van der Waals surface area contributed by atoms with E-state index in [1.165, 1.54) is 0 Å². The highest BCUT2D eigenvalue weighted by Crippen LogP contribution is 2.32. The third-order valence-corrected chi connectivity index (χ3v) is 5.01. The SMILES string of the molecule is Cc1cc(OCC(=O)O[C@@H](C)C(=O)N2c3ccccc3C[C@@H]2C)ccc1Cl. The third kappa shape index (κ3) is 4.25. The van der Waals surface area contributed by atoms with E-state index in [0.29, 0.717) is 10.8 Å². The van der Waals surface area contributed by atoms with Crippen molar-refractivity contribution >= 4 is 29.2 Å². The summed E-state index contributed by atoms with van der Waals surface area (Å²) in [6, 6.07) is 12.9. The molecule has 0 N–H and O–H groups in total. The Bertz CT molecular complexity index is 867. The second-order valence-corrected chi connectivity index (χ2v) is 7.13. The van der Waals surface area contributed by atoms with Crippen LogP contribution in [0.15, 0.2) is 42.5 Å². The van der Waals surface area contributed by atoms with E-state index < -0.39 is 12.1 Å². The molecule has 3 rings (SSSR count). The van der Waals surface area contributed by atoms with E-state index in [1.807, 2.05) is 38.1 Å². The Hall–Kier alpha value is -2.53. The van der Waals surface area contributed by atoms with Crippen molar-refractivity contribution in [2.75, 3.05) is 11.5 Å². The molecule has 0 saturated heterocycles. The first-order chi connectivity index (χ1) is 12.9. The van der Waals surface area contributed by atoms with Crippen LogP contribution in [0.4, 0.5) is 5.69 Å². The average molecular weight is 388 g/mol. The Balaban J connectivity index is 1.58. The van der Waals surface area contributed by atoms with Crippen LogP contribution < -0.4 is 9.64 Å². The number of carbonyl (C=O) groups is 2. The smallest absolute Gasteiger partial charge is 0.344 e. The van der Waals surface area contributed by atoms with Crippen LogP contribution in [0.25, 0.3) is 0 Å². The molecule has 0 saturated carbocycles. The van der Waals surface area contributed by atoms with Crippen molar-refractivity contribution in [3.63, 3.8) is 0 Å². The van der Waals surface area contributed by atoms with E-state index in [9.17, 15) is 9.59 Å². The lowest BCUT2D eigenvalue weighted by Gasteiger charge is -2.25. The van der Waals surface area contributed by atoms with Gasteiger partial charge in [-0.25, -0.2) is 4.79 Å². The molecule has 142 valence electrons. The number of amides is 1. The number of anilines is 1. The molecule has 0 unspecified atom stereocenters. The molecular weight excluding hydrogens is 366 g/mol. The van der Waals surface area contributed by atoms with Gasteiger partial charge in [-0.1, -0.05) is 29.8 Å². The Kier molecular flexibility index (Phi) is 5.71. The van der Waals surface area contributed by atoms with Crippen molar-refractivity contribution in [1.82, 2.24) is 0 Å². The zero-order valence-corrected chi connectivity index (χ0v) is 16.3. The molecule has 1 heterocycles. The van der Waals surface area contributed by atoms with Crippen LogP contribution in [-0.2, 0) is 20.7 Å². The first-order valence-corrected chi connectivity index (χ1v) is 9.24. The summed E-state index contributed by atoms with van der Waals surface area (Å²) in [5.74, 6) is -0.304. The normalized spacial score (nSPS) is 16.6. The van der Waals surface area contributed by atoms with E-state index in [0.717, 1.165) is 23.2 Å².